The Morgan fingerprint density at radius 2 is 1.62 bits per heavy atom. The summed E-state index contributed by atoms with van der Waals surface area (Å²) in [5.41, 5.74) is 0.988. The number of amides is 2. The molecule has 2 aromatic carbocycles. The van der Waals surface area contributed by atoms with Crippen molar-refractivity contribution in [2.24, 2.45) is 0 Å². The fraction of sp³-hybridized carbons (Fsp3) is 0.263. The van der Waals surface area contributed by atoms with Crippen molar-refractivity contribution in [2.45, 2.75) is 6.42 Å². The van der Waals surface area contributed by atoms with Gasteiger partial charge in [0.15, 0.2) is 0 Å². The molecule has 0 spiro atoms. The minimum atomic E-state index is -0.378. The average Bonchev–Trinajstić information content (AvgIpc) is 2.64. The monoisotopic (exact) mass is 360 g/mol. The van der Waals surface area contributed by atoms with Crippen LogP contribution in [0.2, 0.25) is 0 Å². The Morgan fingerprint density at radius 1 is 0.962 bits per heavy atom. The quantitative estimate of drug-likeness (QED) is 0.706. The number of methoxy groups -OCH3 is 2. The van der Waals surface area contributed by atoms with Crippen molar-refractivity contribution in [2.75, 3.05) is 27.3 Å². The van der Waals surface area contributed by atoms with E-state index in [1.165, 1.54) is 26.4 Å². The van der Waals surface area contributed by atoms with Crippen LogP contribution in [0.3, 0.4) is 0 Å². The van der Waals surface area contributed by atoms with E-state index in [0.29, 0.717) is 22.6 Å². The number of ether oxygens (including phenoxy) is 2. The van der Waals surface area contributed by atoms with Gasteiger partial charge in [0.05, 0.1) is 20.6 Å². The molecule has 0 aromatic heterocycles. The molecule has 2 rings (SSSR count). The summed E-state index contributed by atoms with van der Waals surface area (Å²) in [6, 6.07) is 10.7. The Hall–Kier alpha value is -3.09. The summed E-state index contributed by atoms with van der Waals surface area (Å²) in [7, 11) is 3.01. The first-order valence-corrected chi connectivity index (χ1v) is 8.04. The molecule has 0 fully saturated rings. The molecule has 0 unspecified atom stereocenters. The molecule has 0 saturated heterocycles. The SMILES string of the molecule is COc1cc(OC)cc(C(=O)NCCNC(=O)Cc2cccc(F)c2)c1. The number of carbonyl (C=O) groups is 2. The number of nitrogens with one attached hydrogen (secondary N) is 2. The van der Waals surface area contributed by atoms with E-state index in [4.69, 9.17) is 9.47 Å². The van der Waals surface area contributed by atoms with Crippen molar-refractivity contribution in [3.05, 3.63) is 59.4 Å². The predicted molar refractivity (Wildman–Crippen MR) is 95.0 cm³/mol. The summed E-state index contributed by atoms with van der Waals surface area (Å²) in [5, 5.41) is 5.38. The second-order valence-corrected chi connectivity index (χ2v) is 5.51. The van der Waals surface area contributed by atoms with Crippen molar-refractivity contribution >= 4 is 11.8 Å². The molecule has 26 heavy (non-hydrogen) atoms. The summed E-state index contributed by atoms with van der Waals surface area (Å²) >= 11 is 0. The molecule has 0 aliphatic rings. The Bertz CT molecular complexity index is 758. The Morgan fingerprint density at radius 3 is 2.23 bits per heavy atom. The second kappa shape index (κ2) is 9.41. The molecule has 0 atom stereocenters. The third-order valence-corrected chi connectivity index (χ3v) is 3.60. The standard InChI is InChI=1S/C19H21FN2O4/c1-25-16-10-14(11-17(12-16)26-2)19(24)22-7-6-21-18(23)9-13-4-3-5-15(20)8-13/h3-5,8,10-12H,6-7,9H2,1-2H3,(H,21,23)(H,22,24). The van der Waals surface area contributed by atoms with Gasteiger partial charge in [-0.1, -0.05) is 12.1 Å². The van der Waals surface area contributed by atoms with E-state index < -0.39 is 0 Å². The van der Waals surface area contributed by atoms with Crippen LogP contribution in [0.25, 0.3) is 0 Å². The lowest BCUT2D eigenvalue weighted by atomic mass is 10.1. The first-order chi connectivity index (χ1) is 12.5. The topological polar surface area (TPSA) is 76.7 Å². The maximum Gasteiger partial charge on any atom is 0.251 e. The van der Waals surface area contributed by atoms with Gasteiger partial charge in [-0.15, -0.1) is 0 Å². The van der Waals surface area contributed by atoms with Gasteiger partial charge in [-0.25, -0.2) is 4.39 Å². The lowest BCUT2D eigenvalue weighted by Gasteiger charge is -2.10. The second-order valence-electron chi connectivity index (χ2n) is 5.51. The maximum absolute atomic E-state index is 13.1. The normalized spacial score (nSPS) is 10.1. The number of carbonyl (C=O) groups excluding carboxylic acids is 2. The maximum atomic E-state index is 13.1. The average molecular weight is 360 g/mol. The summed E-state index contributed by atoms with van der Waals surface area (Å²) in [6.07, 6.45) is 0.0821. The molecule has 138 valence electrons. The smallest absolute Gasteiger partial charge is 0.251 e. The fourth-order valence-electron chi connectivity index (χ4n) is 2.31. The molecule has 0 saturated carbocycles. The summed E-state index contributed by atoms with van der Waals surface area (Å²) in [4.78, 5) is 24.0. The van der Waals surface area contributed by atoms with Gasteiger partial charge in [-0.2, -0.15) is 0 Å². The molecule has 0 aliphatic heterocycles. The van der Waals surface area contributed by atoms with Crippen LogP contribution in [-0.4, -0.2) is 39.1 Å². The fourth-order valence-corrected chi connectivity index (χ4v) is 2.31. The van der Waals surface area contributed by atoms with Gasteiger partial charge < -0.3 is 20.1 Å². The van der Waals surface area contributed by atoms with E-state index in [2.05, 4.69) is 10.6 Å². The molecule has 0 radical (unpaired) electrons. The van der Waals surface area contributed by atoms with E-state index in [0.717, 1.165) is 0 Å². The number of hydrogen-bond acceptors (Lipinski definition) is 4. The van der Waals surface area contributed by atoms with Crippen LogP contribution >= 0.6 is 0 Å². The van der Waals surface area contributed by atoms with Crippen LogP contribution in [-0.2, 0) is 11.2 Å². The highest BCUT2D eigenvalue weighted by Gasteiger charge is 2.10. The van der Waals surface area contributed by atoms with Crippen LogP contribution in [0.15, 0.2) is 42.5 Å². The van der Waals surface area contributed by atoms with Gasteiger partial charge in [0.1, 0.15) is 17.3 Å². The van der Waals surface area contributed by atoms with Crippen LogP contribution in [0, 0.1) is 5.82 Å². The highest BCUT2D eigenvalue weighted by atomic mass is 19.1. The number of benzene rings is 2. The highest BCUT2D eigenvalue weighted by molar-refractivity contribution is 5.95. The van der Waals surface area contributed by atoms with E-state index in [1.807, 2.05) is 0 Å². The largest absolute Gasteiger partial charge is 0.497 e. The number of hydrogen-bond donors (Lipinski definition) is 2. The predicted octanol–water partition coefficient (Wildman–Crippen LogP) is 1.93. The first kappa shape index (κ1) is 19.2. The Kier molecular flexibility index (Phi) is 6.96. The Balaban J connectivity index is 1.78. The van der Waals surface area contributed by atoms with Gasteiger partial charge >= 0.3 is 0 Å². The Labute approximate surface area is 151 Å². The van der Waals surface area contributed by atoms with E-state index in [-0.39, 0.29) is 37.1 Å². The van der Waals surface area contributed by atoms with Gasteiger partial charge in [0, 0.05) is 24.7 Å². The lowest BCUT2D eigenvalue weighted by molar-refractivity contribution is -0.120. The summed E-state index contributed by atoms with van der Waals surface area (Å²) in [6.45, 7) is 0.522. The zero-order chi connectivity index (χ0) is 18.9. The van der Waals surface area contributed by atoms with Crippen LogP contribution in [0.1, 0.15) is 15.9 Å². The van der Waals surface area contributed by atoms with Crippen molar-refractivity contribution in [3.63, 3.8) is 0 Å². The third-order valence-electron chi connectivity index (χ3n) is 3.60. The van der Waals surface area contributed by atoms with Crippen LogP contribution in [0.5, 0.6) is 11.5 Å². The summed E-state index contributed by atoms with van der Waals surface area (Å²) in [5.74, 6) is 0.0987. The van der Waals surface area contributed by atoms with E-state index in [1.54, 1.807) is 30.3 Å². The van der Waals surface area contributed by atoms with Crippen molar-refractivity contribution in [1.29, 1.82) is 0 Å². The zero-order valence-electron chi connectivity index (χ0n) is 14.7. The molecule has 0 bridgehead atoms. The minimum Gasteiger partial charge on any atom is -0.497 e. The highest BCUT2D eigenvalue weighted by Crippen LogP contribution is 2.22. The molecular weight excluding hydrogens is 339 g/mol. The van der Waals surface area contributed by atoms with Gasteiger partial charge in [0.25, 0.3) is 5.91 Å². The number of rotatable bonds is 8. The molecule has 2 N–H and O–H groups in total. The van der Waals surface area contributed by atoms with Crippen molar-refractivity contribution in [3.8, 4) is 11.5 Å². The summed E-state index contributed by atoms with van der Waals surface area (Å²) < 4.78 is 23.3. The van der Waals surface area contributed by atoms with Gasteiger partial charge in [0.2, 0.25) is 5.91 Å². The first-order valence-electron chi connectivity index (χ1n) is 8.04. The molecular formula is C19H21FN2O4. The van der Waals surface area contributed by atoms with Crippen LogP contribution in [0.4, 0.5) is 4.39 Å². The zero-order valence-corrected chi connectivity index (χ0v) is 14.7. The molecule has 7 heteroatoms. The molecule has 2 aromatic rings. The van der Waals surface area contributed by atoms with E-state index >= 15 is 0 Å². The van der Waals surface area contributed by atoms with Gasteiger partial charge in [-0.05, 0) is 29.8 Å². The van der Waals surface area contributed by atoms with E-state index in [9.17, 15) is 14.0 Å². The molecule has 0 aliphatic carbocycles. The third kappa shape index (κ3) is 5.77. The van der Waals surface area contributed by atoms with Gasteiger partial charge in [-0.3, -0.25) is 9.59 Å². The van der Waals surface area contributed by atoms with Crippen LogP contribution < -0.4 is 20.1 Å². The molecule has 6 nitrogen and oxygen atoms in total. The lowest BCUT2D eigenvalue weighted by Crippen LogP contribution is -2.35. The minimum absolute atomic E-state index is 0.0821. The van der Waals surface area contributed by atoms with Crippen molar-refractivity contribution < 1.29 is 23.5 Å². The van der Waals surface area contributed by atoms with Crippen molar-refractivity contribution in [1.82, 2.24) is 10.6 Å². The molecule has 0 heterocycles. The molecule has 2 amide bonds. The number of halogens is 1.